The average molecular weight is 334 g/mol. The van der Waals surface area contributed by atoms with Crippen LogP contribution in [0, 0.1) is 15.9 Å². The molecule has 8 heteroatoms. The minimum Gasteiger partial charge on any atom is -0.383 e. The summed E-state index contributed by atoms with van der Waals surface area (Å²) in [6.07, 6.45) is 0. The van der Waals surface area contributed by atoms with Crippen LogP contribution in [0.2, 0.25) is 0 Å². The summed E-state index contributed by atoms with van der Waals surface area (Å²) in [6.45, 7) is 1.06. The van der Waals surface area contributed by atoms with Crippen LogP contribution in [0.15, 0.2) is 48.5 Å². The third kappa shape index (κ3) is 5.19. The van der Waals surface area contributed by atoms with Crippen LogP contribution in [0.5, 0.6) is 0 Å². The summed E-state index contributed by atoms with van der Waals surface area (Å²) < 4.78 is 13.4. The first-order valence-corrected chi connectivity index (χ1v) is 7.25. The summed E-state index contributed by atoms with van der Waals surface area (Å²) in [5.41, 5.74) is 1.13. The molecule has 6 nitrogen and oxygen atoms in total. The molecule has 0 aliphatic heterocycles. The van der Waals surface area contributed by atoms with Gasteiger partial charge in [-0.1, -0.05) is 12.1 Å². The van der Waals surface area contributed by atoms with Crippen molar-refractivity contribution < 1.29 is 9.31 Å². The molecule has 0 amide bonds. The Hall–Kier alpha value is -2.74. The highest BCUT2D eigenvalue weighted by molar-refractivity contribution is 7.80. The smallest absolute Gasteiger partial charge is 0.269 e. The van der Waals surface area contributed by atoms with Gasteiger partial charge in [0.25, 0.3) is 5.69 Å². The second kappa shape index (κ2) is 8.04. The number of hydrogen-bond donors (Lipinski definition) is 3. The van der Waals surface area contributed by atoms with Crippen LogP contribution in [-0.4, -0.2) is 23.1 Å². The molecule has 2 aromatic rings. The summed E-state index contributed by atoms with van der Waals surface area (Å²) in [5, 5.41) is 19.7. The van der Waals surface area contributed by atoms with Gasteiger partial charge in [0, 0.05) is 30.9 Å². The Labute approximate surface area is 137 Å². The highest BCUT2D eigenvalue weighted by atomic mass is 32.1. The molecule has 2 rings (SSSR count). The van der Waals surface area contributed by atoms with Gasteiger partial charge in [-0.3, -0.25) is 10.1 Å². The second-order valence-electron chi connectivity index (χ2n) is 4.59. The molecule has 0 spiro atoms. The van der Waals surface area contributed by atoms with Crippen molar-refractivity contribution in [1.82, 2.24) is 5.32 Å². The first-order chi connectivity index (χ1) is 11.1. The number of hydrogen-bond acceptors (Lipinski definition) is 4. The third-order valence-corrected chi connectivity index (χ3v) is 3.19. The zero-order valence-electron chi connectivity index (χ0n) is 12.1. The van der Waals surface area contributed by atoms with E-state index in [4.69, 9.17) is 12.2 Å². The molecular weight excluding hydrogens is 319 g/mol. The van der Waals surface area contributed by atoms with Crippen LogP contribution in [0.4, 0.5) is 21.5 Å². The Bertz CT molecular complexity index is 694. The van der Waals surface area contributed by atoms with E-state index in [0.29, 0.717) is 23.9 Å². The van der Waals surface area contributed by atoms with Gasteiger partial charge in [-0.25, -0.2) is 4.39 Å². The standard InChI is InChI=1S/C15H15FN4O2S/c16-13-3-1-2-4-14(13)19-15(23)18-10-9-17-11-5-7-12(8-6-11)20(21)22/h1-8,17H,9-10H2,(H2,18,19,23). The number of anilines is 2. The van der Waals surface area contributed by atoms with Crippen molar-refractivity contribution in [2.45, 2.75) is 0 Å². The molecule has 0 unspecified atom stereocenters. The van der Waals surface area contributed by atoms with Gasteiger partial charge >= 0.3 is 0 Å². The molecule has 120 valence electrons. The molecule has 0 saturated carbocycles. The van der Waals surface area contributed by atoms with Gasteiger partial charge in [-0.05, 0) is 36.5 Å². The fourth-order valence-electron chi connectivity index (χ4n) is 1.81. The number of thiocarbonyl (C=S) groups is 1. The Morgan fingerprint density at radius 1 is 1.13 bits per heavy atom. The van der Waals surface area contributed by atoms with Crippen molar-refractivity contribution in [3.05, 3.63) is 64.5 Å². The number of benzene rings is 2. The molecule has 3 N–H and O–H groups in total. The predicted molar refractivity (Wildman–Crippen MR) is 92.2 cm³/mol. The molecule has 0 aromatic heterocycles. The van der Waals surface area contributed by atoms with E-state index in [9.17, 15) is 14.5 Å². The maximum absolute atomic E-state index is 13.4. The fraction of sp³-hybridized carbons (Fsp3) is 0.133. The fourth-order valence-corrected chi connectivity index (χ4v) is 2.02. The van der Waals surface area contributed by atoms with Crippen LogP contribution in [0.1, 0.15) is 0 Å². The second-order valence-corrected chi connectivity index (χ2v) is 5.00. The first-order valence-electron chi connectivity index (χ1n) is 6.84. The van der Waals surface area contributed by atoms with Gasteiger partial charge in [0.2, 0.25) is 0 Å². The van der Waals surface area contributed by atoms with E-state index in [0.717, 1.165) is 5.69 Å². The van der Waals surface area contributed by atoms with Crippen molar-refractivity contribution in [3.63, 3.8) is 0 Å². The van der Waals surface area contributed by atoms with E-state index in [-0.39, 0.29) is 11.5 Å². The summed E-state index contributed by atoms with van der Waals surface area (Å²) in [5.74, 6) is -0.374. The lowest BCUT2D eigenvalue weighted by molar-refractivity contribution is -0.384. The maximum Gasteiger partial charge on any atom is 0.269 e. The number of para-hydroxylation sites is 1. The summed E-state index contributed by atoms with van der Waals surface area (Å²) in [4.78, 5) is 10.1. The summed E-state index contributed by atoms with van der Waals surface area (Å²) >= 11 is 5.08. The molecule has 0 aliphatic carbocycles. The van der Waals surface area contributed by atoms with Crippen molar-refractivity contribution in [3.8, 4) is 0 Å². The molecule has 0 aliphatic rings. The molecule has 0 heterocycles. The van der Waals surface area contributed by atoms with Crippen LogP contribution in [0.3, 0.4) is 0 Å². The van der Waals surface area contributed by atoms with Crippen LogP contribution in [-0.2, 0) is 0 Å². The molecule has 0 fully saturated rings. The Balaban J connectivity index is 1.71. The number of nitro groups is 1. The van der Waals surface area contributed by atoms with Crippen LogP contribution in [0.25, 0.3) is 0 Å². The molecule has 23 heavy (non-hydrogen) atoms. The lowest BCUT2D eigenvalue weighted by Crippen LogP contribution is -2.32. The van der Waals surface area contributed by atoms with Gasteiger partial charge in [-0.15, -0.1) is 0 Å². The zero-order valence-corrected chi connectivity index (χ0v) is 12.9. The average Bonchev–Trinajstić information content (AvgIpc) is 2.54. The van der Waals surface area contributed by atoms with E-state index in [1.165, 1.54) is 18.2 Å². The topological polar surface area (TPSA) is 79.2 Å². The Morgan fingerprint density at radius 2 is 1.83 bits per heavy atom. The lowest BCUT2D eigenvalue weighted by Gasteiger charge is -2.12. The summed E-state index contributed by atoms with van der Waals surface area (Å²) in [7, 11) is 0. The molecule has 2 aromatic carbocycles. The van der Waals surface area contributed by atoms with Crippen molar-refractivity contribution in [2.75, 3.05) is 23.7 Å². The highest BCUT2D eigenvalue weighted by Crippen LogP contribution is 2.15. The largest absolute Gasteiger partial charge is 0.383 e. The van der Waals surface area contributed by atoms with E-state index < -0.39 is 4.92 Å². The number of non-ortho nitro benzene ring substituents is 1. The molecule has 0 atom stereocenters. The number of halogens is 1. The van der Waals surface area contributed by atoms with Crippen LogP contribution < -0.4 is 16.0 Å². The summed E-state index contributed by atoms with van der Waals surface area (Å²) in [6, 6.07) is 12.4. The third-order valence-electron chi connectivity index (χ3n) is 2.94. The minimum absolute atomic E-state index is 0.0453. The number of rotatable bonds is 6. The number of nitrogens with one attached hydrogen (secondary N) is 3. The number of nitrogens with zero attached hydrogens (tertiary/aromatic N) is 1. The van der Waals surface area contributed by atoms with Crippen molar-refractivity contribution >= 4 is 34.4 Å². The van der Waals surface area contributed by atoms with E-state index >= 15 is 0 Å². The first kappa shape index (κ1) is 16.6. The van der Waals surface area contributed by atoms with E-state index in [1.54, 1.807) is 30.3 Å². The highest BCUT2D eigenvalue weighted by Gasteiger charge is 2.04. The minimum atomic E-state index is -0.446. The Kier molecular flexibility index (Phi) is 5.81. The molecule has 0 saturated heterocycles. The molecule has 0 radical (unpaired) electrons. The predicted octanol–water partition coefficient (Wildman–Crippen LogP) is 3.13. The normalized spacial score (nSPS) is 9.96. The SMILES string of the molecule is O=[N+]([O-])c1ccc(NCCNC(=S)Nc2ccccc2F)cc1. The van der Waals surface area contributed by atoms with E-state index in [1.807, 2.05) is 0 Å². The zero-order chi connectivity index (χ0) is 16.7. The quantitative estimate of drug-likeness (QED) is 0.326. The van der Waals surface area contributed by atoms with Gasteiger partial charge in [0.1, 0.15) is 5.82 Å². The van der Waals surface area contributed by atoms with Crippen molar-refractivity contribution in [2.24, 2.45) is 0 Å². The number of nitro benzene ring substituents is 1. The molecular formula is C15H15FN4O2S. The van der Waals surface area contributed by atoms with Gasteiger partial charge in [-0.2, -0.15) is 0 Å². The van der Waals surface area contributed by atoms with Crippen LogP contribution >= 0.6 is 12.2 Å². The van der Waals surface area contributed by atoms with Gasteiger partial charge in [0.15, 0.2) is 5.11 Å². The Morgan fingerprint density at radius 3 is 2.48 bits per heavy atom. The molecule has 0 bridgehead atoms. The maximum atomic E-state index is 13.4. The van der Waals surface area contributed by atoms with Gasteiger partial charge < -0.3 is 16.0 Å². The van der Waals surface area contributed by atoms with E-state index in [2.05, 4.69) is 16.0 Å². The lowest BCUT2D eigenvalue weighted by atomic mass is 10.3. The van der Waals surface area contributed by atoms with Crippen molar-refractivity contribution in [1.29, 1.82) is 0 Å². The van der Waals surface area contributed by atoms with Gasteiger partial charge in [0.05, 0.1) is 10.6 Å². The monoisotopic (exact) mass is 334 g/mol.